The topological polar surface area (TPSA) is 78.5 Å². The highest BCUT2D eigenvalue weighted by atomic mass is 35.5. The molecule has 7 nitrogen and oxygen atoms in total. The van der Waals surface area contributed by atoms with Gasteiger partial charge in [0.1, 0.15) is 0 Å². The molecule has 3 N–H and O–H groups in total. The van der Waals surface area contributed by atoms with E-state index in [4.69, 9.17) is 22.1 Å². The molecule has 0 radical (unpaired) electrons. The number of hydrogen-bond acceptors (Lipinski definition) is 7. The number of ether oxygens (including phenoxy) is 1. The summed E-state index contributed by atoms with van der Waals surface area (Å²) in [5.74, 6) is 1.02. The number of aliphatic imine (C=N–C) groups is 2. The molecule has 2 aliphatic rings. The Hall–Kier alpha value is -2.48. The van der Waals surface area contributed by atoms with Crippen molar-refractivity contribution in [2.75, 3.05) is 36.5 Å². The second kappa shape index (κ2) is 9.55. The lowest BCUT2D eigenvalue weighted by atomic mass is 10.1. The van der Waals surface area contributed by atoms with Gasteiger partial charge in [-0.05, 0) is 61.4 Å². The fraction of sp³-hybridized carbons (Fsp3) is 0.333. The molecule has 1 unspecified atom stereocenters. The van der Waals surface area contributed by atoms with Crippen molar-refractivity contribution in [3.05, 3.63) is 58.6 Å². The smallest absolute Gasteiger partial charge is 0.222 e. The highest BCUT2D eigenvalue weighted by Crippen LogP contribution is 2.27. The first-order valence-corrected chi connectivity index (χ1v) is 10.0. The minimum Gasteiger partial charge on any atom is -0.378 e. The summed E-state index contributed by atoms with van der Waals surface area (Å²) < 4.78 is 5.53. The molecule has 0 aliphatic carbocycles. The van der Waals surface area contributed by atoms with Crippen LogP contribution >= 0.6 is 24.0 Å². The van der Waals surface area contributed by atoms with Crippen molar-refractivity contribution in [1.29, 1.82) is 0 Å². The Morgan fingerprint density at radius 1 is 1.07 bits per heavy atom. The van der Waals surface area contributed by atoms with Crippen molar-refractivity contribution in [2.24, 2.45) is 15.7 Å². The molecule has 160 valence electrons. The maximum atomic E-state index is 6.12. The van der Waals surface area contributed by atoms with Gasteiger partial charge < -0.3 is 20.7 Å². The Morgan fingerprint density at radius 3 is 2.33 bits per heavy atom. The van der Waals surface area contributed by atoms with Crippen LogP contribution in [0.2, 0.25) is 5.02 Å². The van der Waals surface area contributed by atoms with E-state index < -0.39 is 6.29 Å². The third-order valence-corrected chi connectivity index (χ3v) is 5.10. The lowest BCUT2D eigenvalue weighted by Gasteiger charge is -2.41. The number of benzene rings is 2. The standard InChI is InChI=1S/C21H25ClN6O.ClH/c1-14-11-15(2)13-18(12-14)28-20(24-17-5-3-16(22)4-6-17)25-19(23)26-21(28)27-7-9-29-10-8-27;/h3-6,11-13,20,24H,7-10H2,1-2H3,(H2,23,25);1H. The van der Waals surface area contributed by atoms with Crippen LogP contribution in [-0.2, 0) is 4.74 Å². The van der Waals surface area contributed by atoms with Gasteiger partial charge in [-0.15, -0.1) is 12.4 Å². The fourth-order valence-electron chi connectivity index (χ4n) is 3.60. The molecule has 0 aromatic heterocycles. The molecule has 1 atom stereocenters. The molecule has 2 aromatic carbocycles. The van der Waals surface area contributed by atoms with Crippen LogP contribution in [0.1, 0.15) is 11.1 Å². The normalized spacial score (nSPS) is 19.0. The molecular weight excluding hydrogens is 423 g/mol. The van der Waals surface area contributed by atoms with Crippen molar-refractivity contribution in [3.63, 3.8) is 0 Å². The van der Waals surface area contributed by atoms with Gasteiger partial charge in [-0.1, -0.05) is 17.7 Å². The third kappa shape index (κ3) is 4.98. The Labute approximate surface area is 188 Å². The van der Waals surface area contributed by atoms with E-state index in [2.05, 4.69) is 57.1 Å². The molecule has 0 saturated carbocycles. The first kappa shape index (κ1) is 22.2. The maximum absolute atomic E-state index is 6.12. The van der Waals surface area contributed by atoms with E-state index in [1.54, 1.807) is 0 Å². The molecule has 0 amide bonds. The van der Waals surface area contributed by atoms with Crippen LogP contribution in [0.5, 0.6) is 0 Å². The number of aryl methyl sites for hydroxylation is 2. The fourth-order valence-corrected chi connectivity index (χ4v) is 3.73. The average Bonchev–Trinajstić information content (AvgIpc) is 2.69. The summed E-state index contributed by atoms with van der Waals surface area (Å²) in [6.07, 6.45) is -0.437. The molecule has 4 rings (SSSR count). The van der Waals surface area contributed by atoms with E-state index in [1.807, 2.05) is 24.3 Å². The van der Waals surface area contributed by atoms with Gasteiger partial charge in [0.2, 0.25) is 18.2 Å². The lowest BCUT2D eigenvalue weighted by Crippen LogP contribution is -2.57. The van der Waals surface area contributed by atoms with E-state index >= 15 is 0 Å². The maximum Gasteiger partial charge on any atom is 0.222 e. The number of hydrogen-bond donors (Lipinski definition) is 2. The quantitative estimate of drug-likeness (QED) is 0.749. The van der Waals surface area contributed by atoms with Crippen LogP contribution in [0.3, 0.4) is 0 Å². The zero-order valence-corrected chi connectivity index (χ0v) is 18.6. The minimum atomic E-state index is -0.437. The summed E-state index contributed by atoms with van der Waals surface area (Å²) in [7, 11) is 0. The van der Waals surface area contributed by atoms with Gasteiger partial charge in [0, 0.05) is 29.5 Å². The number of nitrogens with one attached hydrogen (secondary N) is 1. The summed E-state index contributed by atoms with van der Waals surface area (Å²) in [4.78, 5) is 13.5. The van der Waals surface area contributed by atoms with Gasteiger partial charge in [0.25, 0.3) is 0 Å². The van der Waals surface area contributed by atoms with Gasteiger partial charge in [0.15, 0.2) is 0 Å². The second-order valence-electron chi connectivity index (χ2n) is 7.24. The van der Waals surface area contributed by atoms with E-state index in [0.717, 1.165) is 30.4 Å². The monoisotopic (exact) mass is 448 g/mol. The predicted octanol–water partition coefficient (Wildman–Crippen LogP) is 3.60. The van der Waals surface area contributed by atoms with Crippen LogP contribution in [0, 0.1) is 13.8 Å². The molecule has 2 heterocycles. The van der Waals surface area contributed by atoms with Crippen molar-refractivity contribution < 1.29 is 4.74 Å². The van der Waals surface area contributed by atoms with Gasteiger partial charge in [-0.3, -0.25) is 4.90 Å². The first-order chi connectivity index (χ1) is 14.0. The summed E-state index contributed by atoms with van der Waals surface area (Å²) in [6, 6.07) is 14.0. The largest absolute Gasteiger partial charge is 0.378 e. The van der Waals surface area contributed by atoms with Crippen LogP contribution in [-0.4, -0.2) is 49.4 Å². The van der Waals surface area contributed by atoms with Crippen LogP contribution in [0.4, 0.5) is 11.4 Å². The highest BCUT2D eigenvalue weighted by molar-refractivity contribution is 6.30. The minimum absolute atomic E-state index is 0. The van der Waals surface area contributed by atoms with Crippen LogP contribution in [0.15, 0.2) is 52.4 Å². The number of anilines is 2. The first-order valence-electron chi connectivity index (χ1n) is 9.64. The molecule has 9 heteroatoms. The van der Waals surface area contributed by atoms with Crippen molar-refractivity contribution in [1.82, 2.24) is 4.90 Å². The van der Waals surface area contributed by atoms with Gasteiger partial charge in [0.05, 0.1) is 13.2 Å². The number of rotatable bonds is 3. The van der Waals surface area contributed by atoms with Crippen molar-refractivity contribution in [2.45, 2.75) is 20.1 Å². The SMILES string of the molecule is Cc1cc(C)cc(N2C(N3CCOCC3)=NC(N)=NC2Nc2ccc(Cl)cc2)c1.Cl. The Kier molecular flexibility index (Phi) is 7.07. The molecule has 1 fully saturated rings. The van der Waals surface area contributed by atoms with Crippen LogP contribution < -0.4 is 16.0 Å². The molecular formula is C21H26Cl2N6O. The summed E-state index contributed by atoms with van der Waals surface area (Å²) in [5.41, 5.74) is 10.4. The van der Waals surface area contributed by atoms with E-state index in [-0.39, 0.29) is 18.4 Å². The molecule has 30 heavy (non-hydrogen) atoms. The number of morpholine rings is 1. The molecule has 2 aromatic rings. The van der Waals surface area contributed by atoms with E-state index in [0.29, 0.717) is 18.2 Å². The van der Waals surface area contributed by atoms with Crippen LogP contribution in [0.25, 0.3) is 0 Å². The number of halogens is 2. The van der Waals surface area contributed by atoms with Gasteiger partial charge >= 0.3 is 0 Å². The lowest BCUT2D eigenvalue weighted by molar-refractivity contribution is 0.0671. The number of nitrogens with two attached hydrogens (primary N) is 1. The molecule has 0 spiro atoms. The zero-order valence-electron chi connectivity index (χ0n) is 17.0. The van der Waals surface area contributed by atoms with Gasteiger partial charge in [-0.2, -0.15) is 4.99 Å². The average molecular weight is 449 g/mol. The highest BCUT2D eigenvalue weighted by Gasteiger charge is 2.32. The number of nitrogens with zero attached hydrogens (tertiary/aromatic N) is 4. The Bertz CT molecular complexity index is 921. The Morgan fingerprint density at radius 2 is 1.70 bits per heavy atom. The Balaban J connectivity index is 0.00000256. The van der Waals surface area contributed by atoms with E-state index in [9.17, 15) is 0 Å². The number of guanidine groups is 2. The third-order valence-electron chi connectivity index (χ3n) is 4.85. The zero-order chi connectivity index (χ0) is 20.4. The molecule has 2 aliphatic heterocycles. The summed E-state index contributed by atoms with van der Waals surface area (Å²) >= 11 is 6.04. The van der Waals surface area contributed by atoms with Crippen molar-refractivity contribution >= 4 is 47.3 Å². The van der Waals surface area contributed by atoms with E-state index in [1.165, 1.54) is 11.1 Å². The predicted molar refractivity (Wildman–Crippen MR) is 126 cm³/mol. The van der Waals surface area contributed by atoms with Gasteiger partial charge in [-0.25, -0.2) is 4.99 Å². The summed E-state index contributed by atoms with van der Waals surface area (Å²) in [5, 5.41) is 4.14. The molecule has 1 saturated heterocycles. The summed E-state index contributed by atoms with van der Waals surface area (Å²) in [6.45, 7) is 7.00. The van der Waals surface area contributed by atoms with Crippen molar-refractivity contribution in [3.8, 4) is 0 Å². The second-order valence-corrected chi connectivity index (χ2v) is 7.68. The molecule has 0 bridgehead atoms.